The Kier molecular flexibility index (Phi) is 3.65. The molecular weight excluding hydrogens is 234 g/mol. The molecule has 100 valence electrons. The molecular formula is C16H21N3. The third-order valence-corrected chi connectivity index (χ3v) is 3.90. The van der Waals surface area contributed by atoms with Gasteiger partial charge in [0.1, 0.15) is 0 Å². The van der Waals surface area contributed by atoms with Gasteiger partial charge >= 0.3 is 0 Å². The zero-order valence-corrected chi connectivity index (χ0v) is 11.5. The van der Waals surface area contributed by atoms with E-state index in [1.54, 1.807) is 0 Å². The Balaban J connectivity index is 1.84. The lowest BCUT2D eigenvalue weighted by Crippen LogP contribution is -2.27. The average Bonchev–Trinajstić information content (AvgIpc) is 2.82. The van der Waals surface area contributed by atoms with Crippen LogP contribution in [0.25, 0.3) is 0 Å². The Bertz CT molecular complexity index is 524. The Morgan fingerprint density at radius 1 is 1.21 bits per heavy atom. The maximum atomic E-state index is 4.72. The van der Waals surface area contributed by atoms with E-state index in [-0.39, 0.29) is 0 Å². The van der Waals surface area contributed by atoms with E-state index in [9.17, 15) is 0 Å². The van der Waals surface area contributed by atoms with Gasteiger partial charge in [-0.1, -0.05) is 30.3 Å². The van der Waals surface area contributed by atoms with Crippen molar-refractivity contribution in [2.75, 3.05) is 13.1 Å². The van der Waals surface area contributed by atoms with Crippen LogP contribution in [-0.4, -0.2) is 22.9 Å². The van der Waals surface area contributed by atoms with Crippen LogP contribution >= 0.6 is 0 Å². The van der Waals surface area contributed by atoms with Crippen LogP contribution in [0.5, 0.6) is 0 Å². The standard InChI is InChI=1S/C16H21N3/c1-19-12-15(11-13-5-3-2-4-6-13)16(18-19)14-7-9-17-10-8-14/h2-6,12,14,17H,7-11H2,1H3. The summed E-state index contributed by atoms with van der Waals surface area (Å²) in [7, 11) is 2.03. The monoisotopic (exact) mass is 255 g/mol. The maximum absolute atomic E-state index is 4.72. The first-order valence-electron chi connectivity index (χ1n) is 7.10. The normalized spacial score (nSPS) is 16.7. The Morgan fingerprint density at radius 3 is 2.68 bits per heavy atom. The number of aryl methyl sites for hydroxylation is 1. The fourth-order valence-corrected chi connectivity index (χ4v) is 2.95. The zero-order chi connectivity index (χ0) is 13.1. The van der Waals surface area contributed by atoms with E-state index in [1.165, 1.54) is 29.7 Å². The summed E-state index contributed by atoms with van der Waals surface area (Å²) in [5.41, 5.74) is 4.07. The number of hydrogen-bond donors (Lipinski definition) is 1. The number of rotatable bonds is 3. The lowest BCUT2D eigenvalue weighted by Gasteiger charge is -2.22. The molecule has 1 aliphatic heterocycles. The zero-order valence-electron chi connectivity index (χ0n) is 11.5. The van der Waals surface area contributed by atoms with Gasteiger partial charge in [-0.05, 0) is 37.1 Å². The molecule has 1 N–H and O–H groups in total. The summed E-state index contributed by atoms with van der Waals surface area (Å²) in [5.74, 6) is 0.626. The Hall–Kier alpha value is -1.61. The SMILES string of the molecule is Cn1cc(Cc2ccccc2)c(C2CCNCC2)n1. The number of piperidine rings is 1. The minimum atomic E-state index is 0.626. The topological polar surface area (TPSA) is 29.9 Å². The predicted molar refractivity (Wildman–Crippen MR) is 77.3 cm³/mol. The summed E-state index contributed by atoms with van der Waals surface area (Å²) in [6.45, 7) is 2.23. The van der Waals surface area contributed by atoms with Crippen molar-refractivity contribution in [3.63, 3.8) is 0 Å². The van der Waals surface area contributed by atoms with Crippen molar-refractivity contribution < 1.29 is 0 Å². The van der Waals surface area contributed by atoms with E-state index in [2.05, 4.69) is 41.8 Å². The minimum absolute atomic E-state index is 0.626. The van der Waals surface area contributed by atoms with Gasteiger partial charge in [0.05, 0.1) is 5.69 Å². The number of aromatic nitrogens is 2. The smallest absolute Gasteiger partial charge is 0.0691 e. The molecule has 3 nitrogen and oxygen atoms in total. The highest BCUT2D eigenvalue weighted by molar-refractivity contribution is 5.29. The molecule has 3 heteroatoms. The second-order valence-corrected chi connectivity index (χ2v) is 5.40. The first-order chi connectivity index (χ1) is 9.33. The average molecular weight is 255 g/mol. The van der Waals surface area contributed by atoms with Crippen molar-refractivity contribution in [2.24, 2.45) is 7.05 Å². The van der Waals surface area contributed by atoms with Gasteiger partial charge in [0.2, 0.25) is 0 Å². The quantitative estimate of drug-likeness (QED) is 0.913. The first kappa shape index (κ1) is 12.4. The molecule has 1 aliphatic rings. The van der Waals surface area contributed by atoms with Gasteiger partial charge in [-0.15, -0.1) is 0 Å². The van der Waals surface area contributed by atoms with Crippen LogP contribution in [0.2, 0.25) is 0 Å². The van der Waals surface area contributed by atoms with Gasteiger partial charge in [-0.25, -0.2) is 0 Å². The van der Waals surface area contributed by atoms with Crippen LogP contribution in [0.3, 0.4) is 0 Å². The van der Waals surface area contributed by atoms with Crippen LogP contribution in [0.1, 0.15) is 35.6 Å². The molecule has 1 aromatic heterocycles. The fraction of sp³-hybridized carbons (Fsp3) is 0.438. The molecule has 19 heavy (non-hydrogen) atoms. The molecule has 1 fully saturated rings. The molecule has 0 atom stereocenters. The molecule has 0 saturated carbocycles. The summed E-state index contributed by atoms with van der Waals surface area (Å²) in [6, 6.07) is 10.7. The van der Waals surface area contributed by atoms with Crippen molar-refractivity contribution in [3.05, 3.63) is 53.3 Å². The van der Waals surface area contributed by atoms with E-state index in [0.717, 1.165) is 19.5 Å². The lowest BCUT2D eigenvalue weighted by atomic mass is 9.90. The molecule has 0 radical (unpaired) electrons. The van der Waals surface area contributed by atoms with Gasteiger partial charge < -0.3 is 5.32 Å². The van der Waals surface area contributed by atoms with Gasteiger partial charge in [0.15, 0.2) is 0 Å². The minimum Gasteiger partial charge on any atom is -0.317 e. The van der Waals surface area contributed by atoms with Crippen LogP contribution < -0.4 is 5.32 Å². The summed E-state index contributed by atoms with van der Waals surface area (Å²) in [4.78, 5) is 0. The molecule has 0 aliphatic carbocycles. The van der Waals surface area contributed by atoms with E-state index in [1.807, 2.05) is 11.7 Å². The number of nitrogens with one attached hydrogen (secondary N) is 1. The molecule has 0 unspecified atom stereocenters. The third-order valence-electron chi connectivity index (χ3n) is 3.90. The van der Waals surface area contributed by atoms with Crippen molar-refractivity contribution in [1.29, 1.82) is 0 Å². The van der Waals surface area contributed by atoms with E-state index in [4.69, 9.17) is 5.10 Å². The second kappa shape index (κ2) is 5.57. The van der Waals surface area contributed by atoms with Crippen LogP contribution in [0, 0.1) is 0 Å². The van der Waals surface area contributed by atoms with Crippen LogP contribution in [-0.2, 0) is 13.5 Å². The van der Waals surface area contributed by atoms with Crippen molar-refractivity contribution in [2.45, 2.75) is 25.2 Å². The molecule has 1 aromatic carbocycles. The van der Waals surface area contributed by atoms with Gasteiger partial charge in [-0.3, -0.25) is 4.68 Å². The summed E-state index contributed by atoms with van der Waals surface area (Å²) < 4.78 is 1.97. The summed E-state index contributed by atoms with van der Waals surface area (Å²) in [6.07, 6.45) is 5.59. The second-order valence-electron chi connectivity index (χ2n) is 5.40. The molecule has 2 heterocycles. The van der Waals surface area contributed by atoms with Gasteiger partial charge in [0.25, 0.3) is 0 Å². The fourth-order valence-electron chi connectivity index (χ4n) is 2.95. The number of hydrogen-bond acceptors (Lipinski definition) is 2. The van der Waals surface area contributed by atoms with Crippen molar-refractivity contribution in [1.82, 2.24) is 15.1 Å². The van der Waals surface area contributed by atoms with E-state index in [0.29, 0.717) is 5.92 Å². The predicted octanol–water partition coefficient (Wildman–Crippen LogP) is 2.48. The molecule has 2 aromatic rings. The molecule has 3 rings (SSSR count). The molecule has 0 amide bonds. The third kappa shape index (κ3) is 2.87. The van der Waals surface area contributed by atoms with Crippen molar-refractivity contribution >= 4 is 0 Å². The largest absolute Gasteiger partial charge is 0.317 e. The van der Waals surface area contributed by atoms with Crippen LogP contribution in [0.15, 0.2) is 36.5 Å². The molecule has 1 saturated heterocycles. The van der Waals surface area contributed by atoms with Gasteiger partial charge in [-0.2, -0.15) is 5.10 Å². The highest BCUT2D eigenvalue weighted by atomic mass is 15.3. The first-order valence-corrected chi connectivity index (χ1v) is 7.10. The van der Waals surface area contributed by atoms with Crippen molar-refractivity contribution in [3.8, 4) is 0 Å². The Morgan fingerprint density at radius 2 is 1.95 bits per heavy atom. The number of benzene rings is 1. The van der Waals surface area contributed by atoms with Crippen LogP contribution in [0.4, 0.5) is 0 Å². The maximum Gasteiger partial charge on any atom is 0.0691 e. The highest BCUT2D eigenvalue weighted by Crippen LogP contribution is 2.27. The lowest BCUT2D eigenvalue weighted by molar-refractivity contribution is 0.448. The number of nitrogens with zero attached hydrogens (tertiary/aromatic N) is 2. The van der Waals surface area contributed by atoms with Gasteiger partial charge in [0, 0.05) is 25.6 Å². The molecule has 0 spiro atoms. The Labute approximate surface area is 114 Å². The molecule has 0 bridgehead atoms. The van der Waals surface area contributed by atoms with E-state index >= 15 is 0 Å². The highest BCUT2D eigenvalue weighted by Gasteiger charge is 2.21. The summed E-state index contributed by atoms with van der Waals surface area (Å²) in [5, 5.41) is 8.15. The summed E-state index contributed by atoms with van der Waals surface area (Å²) >= 11 is 0. The van der Waals surface area contributed by atoms with E-state index < -0.39 is 0 Å².